The van der Waals surface area contributed by atoms with Gasteiger partial charge in [0.2, 0.25) is 0 Å². The first-order valence-electron chi connectivity index (χ1n) is 7.48. The second-order valence-electron chi connectivity index (χ2n) is 5.48. The van der Waals surface area contributed by atoms with E-state index in [1.165, 1.54) is 0 Å². The number of likely N-dealkylation sites (tertiary alicyclic amines) is 1. The number of piperidine rings is 1. The van der Waals surface area contributed by atoms with Crippen molar-refractivity contribution < 1.29 is 14.6 Å². The molecule has 1 aliphatic rings. The molecule has 3 rings (SSSR count). The van der Waals surface area contributed by atoms with E-state index in [1.807, 2.05) is 0 Å². The molecule has 0 bridgehead atoms. The number of nitrogens with zero attached hydrogens (tertiary/aromatic N) is 2. The number of hydrogen-bond donors (Lipinski definition) is 1. The molecule has 0 aliphatic carbocycles. The van der Waals surface area contributed by atoms with Crippen LogP contribution in [0.15, 0.2) is 42.7 Å². The molecule has 1 fully saturated rings. The van der Waals surface area contributed by atoms with Crippen molar-refractivity contribution in [3.63, 3.8) is 0 Å². The van der Waals surface area contributed by atoms with Crippen LogP contribution < -0.4 is 4.74 Å². The highest BCUT2D eigenvalue weighted by Crippen LogP contribution is 2.30. The van der Waals surface area contributed by atoms with E-state index in [0.29, 0.717) is 35.2 Å². The van der Waals surface area contributed by atoms with Crippen molar-refractivity contribution in [3.05, 3.63) is 53.3 Å². The summed E-state index contributed by atoms with van der Waals surface area (Å²) in [6.07, 6.45) is 4.36. The standard InChI is InChI=1S/C17H17ClN2O3/c18-15-10-12(17(22)20-9-1-2-13(21)11-20)3-4-16(15)23-14-5-7-19-8-6-14/h3-8,10,13,21H,1-2,9,11H2. The first-order valence-corrected chi connectivity index (χ1v) is 7.86. The monoisotopic (exact) mass is 332 g/mol. The van der Waals surface area contributed by atoms with Crippen molar-refractivity contribution in [3.8, 4) is 11.5 Å². The van der Waals surface area contributed by atoms with Gasteiger partial charge in [0, 0.05) is 31.0 Å². The lowest BCUT2D eigenvalue weighted by atomic mass is 10.1. The third-order valence-corrected chi connectivity index (χ3v) is 4.04. The highest BCUT2D eigenvalue weighted by molar-refractivity contribution is 6.32. The second-order valence-corrected chi connectivity index (χ2v) is 5.88. The van der Waals surface area contributed by atoms with Crippen LogP contribution in [0.3, 0.4) is 0 Å². The van der Waals surface area contributed by atoms with Crippen LogP contribution >= 0.6 is 11.6 Å². The van der Waals surface area contributed by atoms with Crippen molar-refractivity contribution in [2.24, 2.45) is 0 Å². The number of amides is 1. The largest absolute Gasteiger partial charge is 0.456 e. The molecule has 1 aromatic carbocycles. The van der Waals surface area contributed by atoms with Crippen LogP contribution in [0.1, 0.15) is 23.2 Å². The van der Waals surface area contributed by atoms with Gasteiger partial charge in [-0.3, -0.25) is 9.78 Å². The fourth-order valence-corrected chi connectivity index (χ4v) is 2.79. The van der Waals surface area contributed by atoms with E-state index in [0.717, 1.165) is 12.8 Å². The van der Waals surface area contributed by atoms with E-state index < -0.39 is 6.10 Å². The summed E-state index contributed by atoms with van der Waals surface area (Å²) in [5.41, 5.74) is 0.492. The Morgan fingerprint density at radius 2 is 2.09 bits per heavy atom. The van der Waals surface area contributed by atoms with E-state index in [2.05, 4.69) is 4.98 Å². The molecule has 1 aliphatic heterocycles. The Bertz CT molecular complexity index is 693. The van der Waals surface area contributed by atoms with E-state index in [4.69, 9.17) is 16.3 Å². The fraction of sp³-hybridized carbons (Fsp3) is 0.294. The summed E-state index contributed by atoms with van der Waals surface area (Å²) < 4.78 is 5.67. The first-order chi connectivity index (χ1) is 11.1. The van der Waals surface area contributed by atoms with E-state index >= 15 is 0 Å². The van der Waals surface area contributed by atoms with Gasteiger partial charge in [-0.15, -0.1) is 0 Å². The van der Waals surface area contributed by atoms with Crippen molar-refractivity contribution in [1.82, 2.24) is 9.88 Å². The number of halogens is 1. The Morgan fingerprint density at radius 1 is 1.30 bits per heavy atom. The van der Waals surface area contributed by atoms with Crippen molar-refractivity contribution in [2.45, 2.75) is 18.9 Å². The highest BCUT2D eigenvalue weighted by Gasteiger charge is 2.23. The predicted octanol–water partition coefficient (Wildman–Crippen LogP) is 3.12. The summed E-state index contributed by atoms with van der Waals surface area (Å²) in [5, 5.41) is 10.1. The molecule has 1 saturated heterocycles. The average Bonchev–Trinajstić information content (AvgIpc) is 2.57. The summed E-state index contributed by atoms with van der Waals surface area (Å²) in [5.74, 6) is 0.981. The molecule has 1 unspecified atom stereocenters. The Labute approximate surface area is 139 Å². The summed E-state index contributed by atoms with van der Waals surface area (Å²) in [6.45, 7) is 1.02. The molecule has 1 N–H and O–H groups in total. The maximum absolute atomic E-state index is 12.5. The number of aromatic nitrogens is 1. The number of β-amino-alcohol motifs (C(OH)–C–C–N with tert-alkyl or cyclic N) is 1. The molecule has 2 aromatic rings. The number of ether oxygens (including phenoxy) is 1. The van der Waals surface area contributed by atoms with Gasteiger partial charge in [0.25, 0.3) is 5.91 Å². The summed E-state index contributed by atoms with van der Waals surface area (Å²) in [6, 6.07) is 8.42. The van der Waals surface area contributed by atoms with Gasteiger partial charge < -0.3 is 14.7 Å². The minimum Gasteiger partial charge on any atom is -0.456 e. The number of carbonyl (C=O) groups excluding carboxylic acids is 1. The van der Waals surface area contributed by atoms with E-state index in [9.17, 15) is 9.90 Å². The Hall–Kier alpha value is -2.11. The zero-order valence-electron chi connectivity index (χ0n) is 12.5. The van der Waals surface area contributed by atoms with Crippen LogP contribution in [0.2, 0.25) is 5.02 Å². The molecule has 1 atom stereocenters. The van der Waals surface area contributed by atoms with Gasteiger partial charge in [0.1, 0.15) is 11.5 Å². The van der Waals surface area contributed by atoms with Crippen molar-refractivity contribution >= 4 is 17.5 Å². The SMILES string of the molecule is O=C(c1ccc(Oc2ccncc2)c(Cl)c1)N1CCCC(O)C1. The minimum atomic E-state index is -0.447. The van der Waals surface area contributed by atoms with E-state index in [-0.39, 0.29) is 5.91 Å². The number of rotatable bonds is 3. The molecule has 0 spiro atoms. The number of benzene rings is 1. The van der Waals surface area contributed by atoms with Gasteiger partial charge in [-0.25, -0.2) is 0 Å². The van der Waals surface area contributed by atoms with Crippen LogP contribution in [0.5, 0.6) is 11.5 Å². The van der Waals surface area contributed by atoms with Crippen molar-refractivity contribution in [1.29, 1.82) is 0 Å². The van der Waals surface area contributed by atoms with Gasteiger partial charge in [-0.05, 0) is 43.2 Å². The Kier molecular flexibility index (Phi) is 4.79. The number of carbonyl (C=O) groups is 1. The molecule has 1 aromatic heterocycles. The van der Waals surface area contributed by atoms with Crippen LogP contribution in [-0.4, -0.2) is 40.1 Å². The maximum atomic E-state index is 12.5. The Balaban J connectivity index is 1.75. The minimum absolute atomic E-state index is 0.124. The number of hydrogen-bond acceptors (Lipinski definition) is 4. The van der Waals surface area contributed by atoms with Crippen LogP contribution in [0, 0.1) is 0 Å². The lowest BCUT2D eigenvalue weighted by Gasteiger charge is -2.30. The third kappa shape index (κ3) is 3.81. The van der Waals surface area contributed by atoms with Crippen LogP contribution in [0.25, 0.3) is 0 Å². The van der Waals surface area contributed by atoms with Gasteiger partial charge >= 0.3 is 0 Å². The molecule has 1 amide bonds. The number of pyridine rings is 1. The molecule has 0 saturated carbocycles. The fourth-order valence-electron chi connectivity index (χ4n) is 2.57. The van der Waals surface area contributed by atoms with Crippen LogP contribution in [0.4, 0.5) is 0 Å². The lowest BCUT2D eigenvalue weighted by molar-refractivity contribution is 0.0474. The molecule has 0 radical (unpaired) electrons. The maximum Gasteiger partial charge on any atom is 0.253 e. The smallest absolute Gasteiger partial charge is 0.253 e. The molecule has 23 heavy (non-hydrogen) atoms. The molecule has 2 heterocycles. The van der Waals surface area contributed by atoms with Gasteiger partial charge in [0.05, 0.1) is 11.1 Å². The lowest BCUT2D eigenvalue weighted by Crippen LogP contribution is -2.42. The zero-order valence-corrected chi connectivity index (χ0v) is 13.2. The molecule has 5 nitrogen and oxygen atoms in total. The normalized spacial score (nSPS) is 17.8. The molecular weight excluding hydrogens is 316 g/mol. The summed E-state index contributed by atoms with van der Waals surface area (Å²) in [7, 11) is 0. The average molecular weight is 333 g/mol. The van der Waals surface area contributed by atoms with Gasteiger partial charge in [-0.1, -0.05) is 11.6 Å². The quantitative estimate of drug-likeness (QED) is 0.938. The third-order valence-electron chi connectivity index (χ3n) is 3.74. The Morgan fingerprint density at radius 3 is 2.78 bits per heavy atom. The second kappa shape index (κ2) is 6.98. The number of aliphatic hydroxyl groups excluding tert-OH is 1. The molecular formula is C17H17ClN2O3. The zero-order chi connectivity index (χ0) is 16.2. The number of aliphatic hydroxyl groups is 1. The topological polar surface area (TPSA) is 62.7 Å². The van der Waals surface area contributed by atoms with Gasteiger partial charge in [-0.2, -0.15) is 0 Å². The van der Waals surface area contributed by atoms with Gasteiger partial charge in [0.15, 0.2) is 0 Å². The highest BCUT2D eigenvalue weighted by atomic mass is 35.5. The molecule has 120 valence electrons. The van der Waals surface area contributed by atoms with E-state index in [1.54, 1.807) is 47.6 Å². The first kappa shape index (κ1) is 15.8. The summed E-state index contributed by atoms with van der Waals surface area (Å²) >= 11 is 6.23. The van der Waals surface area contributed by atoms with Crippen molar-refractivity contribution in [2.75, 3.05) is 13.1 Å². The summed E-state index contributed by atoms with van der Waals surface area (Å²) in [4.78, 5) is 18.1. The predicted molar refractivity (Wildman–Crippen MR) is 86.9 cm³/mol. The van der Waals surface area contributed by atoms with Crippen LogP contribution in [-0.2, 0) is 0 Å². The molecule has 6 heteroatoms.